The van der Waals surface area contributed by atoms with Crippen LogP contribution in [-0.4, -0.2) is 73.7 Å². The van der Waals surface area contributed by atoms with Gasteiger partial charge in [-0.15, -0.1) is 24.0 Å². The van der Waals surface area contributed by atoms with Gasteiger partial charge in [0.25, 0.3) is 0 Å². The zero-order valence-electron chi connectivity index (χ0n) is 18.1. The monoisotopic (exact) mass is 481 g/mol. The SMILES string of the molecule is CCCN1CCC(CN=C(NCC)NCCN(C(C)C)C(C)C)CC1.I. The van der Waals surface area contributed by atoms with Gasteiger partial charge in [-0.05, 0) is 79.4 Å². The fourth-order valence-corrected chi connectivity index (χ4v) is 3.69. The molecule has 156 valence electrons. The highest BCUT2D eigenvalue weighted by Crippen LogP contribution is 2.17. The smallest absolute Gasteiger partial charge is 0.191 e. The minimum atomic E-state index is 0. The van der Waals surface area contributed by atoms with Crippen LogP contribution in [0.3, 0.4) is 0 Å². The number of halogens is 1. The molecule has 1 saturated heterocycles. The first-order valence-electron chi connectivity index (χ1n) is 10.5. The summed E-state index contributed by atoms with van der Waals surface area (Å²) < 4.78 is 0. The molecule has 0 aliphatic carbocycles. The van der Waals surface area contributed by atoms with Crippen molar-refractivity contribution in [3.05, 3.63) is 0 Å². The molecule has 1 aliphatic heterocycles. The number of piperidine rings is 1. The second kappa shape index (κ2) is 14.9. The van der Waals surface area contributed by atoms with Crippen molar-refractivity contribution < 1.29 is 0 Å². The van der Waals surface area contributed by atoms with E-state index in [9.17, 15) is 0 Å². The molecule has 0 amide bonds. The molecule has 5 nitrogen and oxygen atoms in total. The number of nitrogens with one attached hydrogen (secondary N) is 2. The lowest BCUT2D eigenvalue weighted by atomic mass is 9.97. The molecule has 0 aromatic rings. The standard InChI is InChI=1S/C20H43N5.HI/c1-7-12-24-13-9-19(10-14-24)16-23-20(21-8-2)22-11-15-25(17(3)4)18(5)6;/h17-19H,7-16H2,1-6H3,(H2,21,22,23);1H. The molecule has 2 N–H and O–H groups in total. The molecular formula is C20H44IN5. The molecule has 0 bridgehead atoms. The first-order chi connectivity index (χ1) is 12.0. The maximum absolute atomic E-state index is 4.85. The Morgan fingerprint density at radius 3 is 2.19 bits per heavy atom. The predicted molar refractivity (Wildman–Crippen MR) is 126 cm³/mol. The third kappa shape index (κ3) is 10.3. The molecule has 0 saturated carbocycles. The third-order valence-corrected chi connectivity index (χ3v) is 5.09. The minimum absolute atomic E-state index is 0. The summed E-state index contributed by atoms with van der Waals surface area (Å²) in [5.74, 6) is 1.72. The summed E-state index contributed by atoms with van der Waals surface area (Å²) in [5, 5.41) is 6.91. The molecule has 1 fully saturated rings. The first-order valence-corrected chi connectivity index (χ1v) is 10.5. The highest BCUT2D eigenvalue weighted by Gasteiger charge is 2.18. The highest BCUT2D eigenvalue weighted by molar-refractivity contribution is 14.0. The van der Waals surface area contributed by atoms with Crippen LogP contribution in [-0.2, 0) is 0 Å². The summed E-state index contributed by atoms with van der Waals surface area (Å²) in [6, 6.07) is 1.16. The molecular weight excluding hydrogens is 437 g/mol. The lowest BCUT2D eigenvalue weighted by Crippen LogP contribution is -2.45. The average molecular weight is 482 g/mol. The molecule has 0 aromatic carbocycles. The van der Waals surface area contributed by atoms with E-state index in [1.54, 1.807) is 0 Å². The van der Waals surface area contributed by atoms with Gasteiger partial charge in [0.2, 0.25) is 0 Å². The van der Waals surface area contributed by atoms with E-state index in [2.05, 4.69) is 62.0 Å². The van der Waals surface area contributed by atoms with Crippen molar-refractivity contribution in [1.29, 1.82) is 0 Å². The van der Waals surface area contributed by atoms with Crippen molar-refractivity contribution in [3.8, 4) is 0 Å². The van der Waals surface area contributed by atoms with Gasteiger partial charge in [-0.3, -0.25) is 9.89 Å². The highest BCUT2D eigenvalue weighted by atomic mass is 127. The third-order valence-electron chi connectivity index (χ3n) is 5.09. The van der Waals surface area contributed by atoms with Gasteiger partial charge in [-0.2, -0.15) is 0 Å². The van der Waals surface area contributed by atoms with Crippen molar-refractivity contribution in [2.75, 3.05) is 45.8 Å². The molecule has 0 radical (unpaired) electrons. The van der Waals surface area contributed by atoms with E-state index in [0.717, 1.165) is 38.1 Å². The molecule has 0 spiro atoms. The largest absolute Gasteiger partial charge is 0.357 e. The zero-order valence-corrected chi connectivity index (χ0v) is 20.4. The molecule has 1 heterocycles. The fourth-order valence-electron chi connectivity index (χ4n) is 3.69. The normalized spacial score (nSPS) is 17.0. The van der Waals surface area contributed by atoms with E-state index in [-0.39, 0.29) is 24.0 Å². The Morgan fingerprint density at radius 1 is 1.08 bits per heavy atom. The van der Waals surface area contributed by atoms with Gasteiger partial charge in [-0.25, -0.2) is 0 Å². The maximum Gasteiger partial charge on any atom is 0.191 e. The quantitative estimate of drug-likeness (QED) is 0.285. The Morgan fingerprint density at radius 2 is 1.69 bits per heavy atom. The molecule has 0 aromatic heterocycles. The van der Waals surface area contributed by atoms with E-state index in [1.165, 1.54) is 38.9 Å². The molecule has 0 atom stereocenters. The van der Waals surface area contributed by atoms with Crippen LogP contribution in [0.2, 0.25) is 0 Å². The Labute approximate surface area is 179 Å². The van der Waals surface area contributed by atoms with Crippen LogP contribution in [0, 0.1) is 5.92 Å². The Balaban J connectivity index is 0.00000625. The number of hydrogen-bond acceptors (Lipinski definition) is 3. The van der Waals surface area contributed by atoms with Gasteiger partial charge in [-0.1, -0.05) is 6.92 Å². The number of hydrogen-bond donors (Lipinski definition) is 2. The van der Waals surface area contributed by atoms with Gasteiger partial charge in [0.1, 0.15) is 0 Å². The van der Waals surface area contributed by atoms with Crippen LogP contribution in [0.15, 0.2) is 4.99 Å². The molecule has 26 heavy (non-hydrogen) atoms. The van der Waals surface area contributed by atoms with E-state index in [0.29, 0.717) is 12.1 Å². The predicted octanol–water partition coefficient (Wildman–Crippen LogP) is 3.40. The lowest BCUT2D eigenvalue weighted by molar-refractivity contribution is 0.178. The van der Waals surface area contributed by atoms with Gasteiger partial charge < -0.3 is 15.5 Å². The summed E-state index contributed by atoms with van der Waals surface area (Å²) in [6.45, 7) is 21.1. The van der Waals surface area contributed by atoms with Crippen molar-refractivity contribution in [2.45, 2.75) is 72.9 Å². The van der Waals surface area contributed by atoms with Crippen LogP contribution in [0.5, 0.6) is 0 Å². The lowest BCUT2D eigenvalue weighted by Gasteiger charge is -2.31. The Kier molecular flexibility index (Phi) is 14.9. The van der Waals surface area contributed by atoms with E-state index >= 15 is 0 Å². The summed E-state index contributed by atoms with van der Waals surface area (Å²) in [5.41, 5.74) is 0. The van der Waals surface area contributed by atoms with Crippen molar-refractivity contribution in [2.24, 2.45) is 10.9 Å². The summed E-state index contributed by atoms with van der Waals surface area (Å²) in [7, 11) is 0. The van der Waals surface area contributed by atoms with E-state index < -0.39 is 0 Å². The Hall–Kier alpha value is -0.0800. The minimum Gasteiger partial charge on any atom is -0.357 e. The number of guanidine groups is 1. The summed E-state index contributed by atoms with van der Waals surface area (Å²) >= 11 is 0. The molecule has 1 aliphatic rings. The zero-order chi connectivity index (χ0) is 18.7. The topological polar surface area (TPSA) is 42.9 Å². The second-order valence-electron chi connectivity index (χ2n) is 7.86. The van der Waals surface area contributed by atoms with E-state index in [4.69, 9.17) is 4.99 Å². The molecule has 1 rings (SSSR count). The van der Waals surface area contributed by atoms with Crippen molar-refractivity contribution >= 4 is 29.9 Å². The van der Waals surface area contributed by atoms with Crippen LogP contribution in [0.1, 0.15) is 60.8 Å². The van der Waals surface area contributed by atoms with Gasteiger partial charge >= 0.3 is 0 Å². The van der Waals surface area contributed by atoms with E-state index in [1.807, 2.05) is 0 Å². The number of rotatable bonds is 10. The van der Waals surface area contributed by atoms with Crippen LogP contribution >= 0.6 is 24.0 Å². The maximum atomic E-state index is 4.85. The average Bonchev–Trinajstić information content (AvgIpc) is 2.57. The molecule has 6 heteroatoms. The fraction of sp³-hybridized carbons (Fsp3) is 0.950. The van der Waals surface area contributed by atoms with Crippen LogP contribution in [0.25, 0.3) is 0 Å². The second-order valence-corrected chi connectivity index (χ2v) is 7.86. The van der Waals surface area contributed by atoms with Gasteiger partial charge in [0, 0.05) is 38.3 Å². The number of aliphatic imine (C=N–C) groups is 1. The van der Waals surface area contributed by atoms with Crippen molar-refractivity contribution in [3.63, 3.8) is 0 Å². The summed E-state index contributed by atoms with van der Waals surface area (Å²) in [4.78, 5) is 9.96. The summed E-state index contributed by atoms with van der Waals surface area (Å²) in [6.07, 6.45) is 3.84. The van der Waals surface area contributed by atoms with Gasteiger partial charge in [0.15, 0.2) is 5.96 Å². The van der Waals surface area contributed by atoms with Crippen LogP contribution in [0.4, 0.5) is 0 Å². The van der Waals surface area contributed by atoms with Gasteiger partial charge in [0.05, 0.1) is 0 Å². The van der Waals surface area contributed by atoms with Crippen LogP contribution < -0.4 is 10.6 Å². The number of nitrogens with zero attached hydrogens (tertiary/aromatic N) is 3. The Bertz CT molecular complexity index is 357. The number of likely N-dealkylation sites (tertiary alicyclic amines) is 1. The first kappa shape index (κ1) is 25.9. The van der Waals surface area contributed by atoms with Crippen molar-refractivity contribution in [1.82, 2.24) is 20.4 Å². The molecule has 0 unspecified atom stereocenters.